The summed E-state index contributed by atoms with van der Waals surface area (Å²) in [5.41, 5.74) is 1.97. The van der Waals surface area contributed by atoms with E-state index in [1.807, 2.05) is 0 Å². The molecule has 1 nitrogen and oxygen atoms in total. The molecule has 0 unspecified atom stereocenters. The Kier molecular flexibility index (Phi) is 5.64. The van der Waals surface area contributed by atoms with Crippen molar-refractivity contribution in [3.63, 3.8) is 0 Å². The Hall–Kier alpha value is 0.737. The Morgan fingerprint density at radius 2 is 1.13 bits per heavy atom. The van der Waals surface area contributed by atoms with Crippen molar-refractivity contribution in [1.82, 2.24) is 0 Å². The van der Waals surface area contributed by atoms with Crippen molar-refractivity contribution in [1.29, 1.82) is 0 Å². The molecule has 0 heterocycles. The van der Waals surface area contributed by atoms with Gasteiger partial charge in [0.1, 0.15) is 0 Å². The monoisotopic (exact) mass is 267 g/mol. The molecular weight excluding hydrogens is 241 g/mol. The molecule has 0 amide bonds. The van der Waals surface area contributed by atoms with Crippen LogP contribution in [0.4, 0.5) is 0 Å². The minimum absolute atomic E-state index is 0.656. The number of nitrogens with zero attached hydrogens (tertiary/aromatic N) is 1. The van der Waals surface area contributed by atoms with Gasteiger partial charge in [0.15, 0.2) is 0 Å². The molecule has 0 saturated carbocycles. The van der Waals surface area contributed by atoms with Gasteiger partial charge in [-0.1, -0.05) is 41.5 Å². The van der Waals surface area contributed by atoms with Crippen molar-refractivity contribution in [2.45, 2.75) is 71.6 Å². The maximum absolute atomic E-state index is 6.45. The van der Waals surface area contributed by atoms with E-state index in [2.05, 4.69) is 54.6 Å². The first-order chi connectivity index (χ1) is 6.54. The topological polar surface area (TPSA) is 12.4 Å². The van der Waals surface area contributed by atoms with Crippen LogP contribution in [0.5, 0.6) is 0 Å². The van der Waals surface area contributed by atoms with Gasteiger partial charge in [-0.05, 0) is 37.1 Å². The zero-order chi connectivity index (χ0) is 12.4. The third kappa shape index (κ3) is 3.91. The molecule has 0 spiro atoms. The first kappa shape index (κ1) is 15.7. The van der Waals surface area contributed by atoms with Gasteiger partial charge in [-0.25, -0.2) is 0 Å². The quantitative estimate of drug-likeness (QED) is 0.370. The van der Waals surface area contributed by atoms with Gasteiger partial charge in [-0.15, -0.1) is 11.1 Å². The van der Waals surface area contributed by atoms with Gasteiger partial charge in [0.25, 0.3) is 7.55 Å². The molecule has 0 radical (unpaired) electrons. The zero-order valence-electron chi connectivity index (χ0n) is 11.5. The third-order valence-electron chi connectivity index (χ3n) is 2.89. The van der Waals surface area contributed by atoms with E-state index >= 15 is 0 Å². The third-order valence-corrected chi connectivity index (χ3v) is 11.8. The summed E-state index contributed by atoms with van der Waals surface area (Å²) < 4.78 is 5.15. The Labute approximate surface area is 102 Å². The minimum Gasteiger partial charge on any atom is -0.319 e. The molecule has 0 aliphatic carbocycles. The highest BCUT2D eigenvalue weighted by Gasteiger charge is 2.34. The van der Waals surface area contributed by atoms with Gasteiger partial charge >= 0.3 is 0 Å². The van der Waals surface area contributed by atoms with E-state index in [9.17, 15) is 0 Å². The van der Waals surface area contributed by atoms with Crippen molar-refractivity contribution in [3.05, 3.63) is 0 Å². The molecule has 0 N–H and O–H groups in total. The van der Waals surface area contributed by atoms with Gasteiger partial charge in [-0.3, -0.25) is 0 Å². The average molecular weight is 268 g/mol. The van der Waals surface area contributed by atoms with Crippen molar-refractivity contribution in [3.8, 4) is 0 Å². The first-order valence-electron chi connectivity index (χ1n) is 5.85. The second kappa shape index (κ2) is 5.38. The maximum atomic E-state index is 6.45. The molecular formula is C11H27ClNPSi. The fourth-order valence-electron chi connectivity index (χ4n) is 2.55. The van der Waals surface area contributed by atoms with Crippen LogP contribution in [-0.2, 0) is 0 Å². The number of halogens is 1. The Bertz CT molecular complexity index is 225. The molecule has 0 saturated heterocycles. The van der Waals surface area contributed by atoms with Crippen LogP contribution < -0.4 is 0 Å². The highest BCUT2D eigenvalue weighted by Crippen LogP contribution is 2.63. The van der Waals surface area contributed by atoms with Crippen molar-refractivity contribution >= 4 is 25.7 Å². The molecule has 0 aliphatic rings. The lowest BCUT2D eigenvalue weighted by atomic mass is 10.5. The fourth-order valence-corrected chi connectivity index (χ4v) is 13.4. The van der Waals surface area contributed by atoms with Crippen LogP contribution in [0.25, 0.3) is 0 Å². The van der Waals surface area contributed by atoms with E-state index in [1.165, 1.54) is 0 Å². The Balaban J connectivity index is 5.65. The summed E-state index contributed by atoms with van der Waals surface area (Å²) in [5, 5.41) is 0. The van der Waals surface area contributed by atoms with E-state index in [-0.39, 0.29) is 0 Å². The lowest BCUT2D eigenvalue weighted by molar-refractivity contribution is 0.927. The predicted molar refractivity (Wildman–Crippen MR) is 78.1 cm³/mol. The maximum Gasteiger partial charge on any atom is 0.267 e. The summed E-state index contributed by atoms with van der Waals surface area (Å²) in [7, 11) is -3.11. The zero-order valence-corrected chi connectivity index (χ0v) is 14.2. The second-order valence-electron chi connectivity index (χ2n) is 5.58. The van der Waals surface area contributed by atoms with Crippen LogP contribution in [-0.4, -0.2) is 24.5 Å². The second-order valence-corrected chi connectivity index (χ2v) is 16.7. The molecule has 0 atom stereocenters. The standard InChI is InChI=1S/C11H27ClNPSi/c1-9(2)14(10(3)4,11(5)6)13-15(7,8)12/h9-11H,1-8H3. The molecule has 0 aromatic rings. The number of rotatable bonds is 4. The molecule has 0 fully saturated rings. The van der Waals surface area contributed by atoms with Crippen molar-refractivity contribution in [2.24, 2.45) is 4.41 Å². The molecule has 0 rings (SSSR count). The highest BCUT2D eigenvalue weighted by atomic mass is 35.6. The fraction of sp³-hybridized carbons (Fsp3) is 1.00. The largest absolute Gasteiger partial charge is 0.319 e. The summed E-state index contributed by atoms with van der Waals surface area (Å²) in [4.78, 5) is 0. The van der Waals surface area contributed by atoms with E-state index in [0.29, 0.717) is 17.0 Å². The molecule has 4 heteroatoms. The van der Waals surface area contributed by atoms with E-state index in [4.69, 9.17) is 15.5 Å². The summed E-state index contributed by atoms with van der Waals surface area (Å²) in [5.74, 6) is 0. The van der Waals surface area contributed by atoms with Crippen molar-refractivity contribution in [2.75, 3.05) is 0 Å². The average Bonchev–Trinajstić information content (AvgIpc) is 1.96. The van der Waals surface area contributed by atoms with Crippen LogP contribution in [0.15, 0.2) is 4.41 Å². The molecule has 15 heavy (non-hydrogen) atoms. The summed E-state index contributed by atoms with van der Waals surface area (Å²) in [6.45, 7) is 18.2. The summed E-state index contributed by atoms with van der Waals surface area (Å²) in [6.07, 6.45) is 0. The minimum atomic E-state index is -1.83. The van der Waals surface area contributed by atoms with E-state index in [0.717, 1.165) is 0 Å². The molecule has 92 valence electrons. The normalized spacial score (nSPS) is 14.1. The molecule has 0 bridgehead atoms. The highest BCUT2D eigenvalue weighted by molar-refractivity contribution is 7.70. The van der Waals surface area contributed by atoms with Crippen LogP contribution in [0.3, 0.4) is 0 Å². The van der Waals surface area contributed by atoms with Gasteiger partial charge in [0.05, 0.1) is 0 Å². The van der Waals surface area contributed by atoms with Gasteiger partial charge in [0.2, 0.25) is 0 Å². The first-order valence-corrected chi connectivity index (χ1v) is 11.8. The lowest BCUT2D eigenvalue weighted by Gasteiger charge is -2.38. The molecule has 0 aromatic heterocycles. The number of hydrogen-bond donors (Lipinski definition) is 0. The van der Waals surface area contributed by atoms with Gasteiger partial charge in [-0.2, -0.15) is 0 Å². The molecule has 0 aliphatic heterocycles. The van der Waals surface area contributed by atoms with Gasteiger partial charge < -0.3 is 4.41 Å². The van der Waals surface area contributed by atoms with Gasteiger partial charge in [0, 0.05) is 0 Å². The van der Waals surface area contributed by atoms with Crippen LogP contribution in [0.1, 0.15) is 41.5 Å². The summed E-state index contributed by atoms with van der Waals surface area (Å²) >= 11 is 6.45. The van der Waals surface area contributed by atoms with E-state index in [1.54, 1.807) is 0 Å². The van der Waals surface area contributed by atoms with Crippen molar-refractivity contribution < 1.29 is 0 Å². The van der Waals surface area contributed by atoms with Crippen LogP contribution in [0, 0.1) is 0 Å². The Morgan fingerprint density at radius 3 is 1.20 bits per heavy atom. The number of hydrogen-bond acceptors (Lipinski definition) is 1. The predicted octanol–water partition coefficient (Wildman–Crippen LogP) is 5.35. The Morgan fingerprint density at radius 1 is 0.867 bits per heavy atom. The van der Waals surface area contributed by atoms with Crippen LogP contribution >= 0.6 is 18.1 Å². The van der Waals surface area contributed by atoms with E-state index < -0.39 is 14.6 Å². The molecule has 0 aromatic carbocycles. The lowest BCUT2D eigenvalue weighted by Crippen LogP contribution is -2.22. The SMILES string of the molecule is CC(C)P(=N[Si](C)(C)Cl)(C(C)C)C(C)C. The van der Waals surface area contributed by atoms with Crippen LogP contribution in [0.2, 0.25) is 13.1 Å². The smallest absolute Gasteiger partial charge is 0.267 e. The summed E-state index contributed by atoms with van der Waals surface area (Å²) in [6, 6.07) is 0.